The molecule has 1 N–H and O–H groups in total. The SMILES string of the molecule is O=C(N/N=C/c1ccc(Br)cc1)c1cccc(-n2cnc3sc4c(c3c2=O)CCCC4)c1. The Morgan fingerprint density at radius 1 is 1.16 bits per heavy atom. The molecule has 0 saturated heterocycles. The van der Waals surface area contributed by atoms with Crippen molar-refractivity contribution in [3.8, 4) is 5.69 Å². The van der Waals surface area contributed by atoms with Crippen LogP contribution in [-0.2, 0) is 12.8 Å². The number of hydrogen-bond donors (Lipinski definition) is 1. The second kappa shape index (κ2) is 8.80. The predicted octanol–water partition coefficient (Wildman–Crippen LogP) is 4.85. The Balaban J connectivity index is 1.42. The van der Waals surface area contributed by atoms with E-state index in [0.717, 1.165) is 51.5 Å². The van der Waals surface area contributed by atoms with E-state index in [4.69, 9.17) is 0 Å². The van der Waals surface area contributed by atoms with Crippen molar-refractivity contribution in [2.75, 3.05) is 0 Å². The summed E-state index contributed by atoms with van der Waals surface area (Å²) in [6.45, 7) is 0. The van der Waals surface area contributed by atoms with Crippen LogP contribution in [0.3, 0.4) is 0 Å². The van der Waals surface area contributed by atoms with E-state index < -0.39 is 0 Å². The number of aromatic nitrogens is 2. The number of amides is 1. The Morgan fingerprint density at radius 2 is 1.97 bits per heavy atom. The molecule has 160 valence electrons. The highest BCUT2D eigenvalue weighted by Gasteiger charge is 2.20. The van der Waals surface area contributed by atoms with Crippen LogP contribution in [0.2, 0.25) is 0 Å². The molecule has 5 rings (SSSR count). The third-order valence-corrected chi connectivity index (χ3v) is 7.24. The lowest BCUT2D eigenvalue weighted by Gasteiger charge is -2.11. The molecule has 6 nitrogen and oxygen atoms in total. The van der Waals surface area contributed by atoms with E-state index >= 15 is 0 Å². The first-order valence-corrected chi connectivity index (χ1v) is 11.9. The first-order valence-electron chi connectivity index (χ1n) is 10.3. The summed E-state index contributed by atoms with van der Waals surface area (Å²) < 4.78 is 2.49. The maximum absolute atomic E-state index is 13.3. The summed E-state index contributed by atoms with van der Waals surface area (Å²) in [7, 11) is 0. The molecule has 1 aliphatic carbocycles. The van der Waals surface area contributed by atoms with Gasteiger partial charge in [0.1, 0.15) is 11.2 Å². The first kappa shape index (κ1) is 20.8. The topological polar surface area (TPSA) is 76.3 Å². The molecule has 0 atom stereocenters. The molecule has 32 heavy (non-hydrogen) atoms. The fraction of sp³-hybridized carbons (Fsp3) is 0.167. The van der Waals surface area contributed by atoms with Gasteiger partial charge in [-0.05, 0) is 67.1 Å². The number of rotatable bonds is 4. The normalized spacial score (nSPS) is 13.4. The van der Waals surface area contributed by atoms with Gasteiger partial charge in [-0.3, -0.25) is 14.2 Å². The van der Waals surface area contributed by atoms with Gasteiger partial charge in [-0.15, -0.1) is 11.3 Å². The number of aryl methyl sites for hydroxylation is 2. The highest BCUT2D eigenvalue weighted by atomic mass is 79.9. The summed E-state index contributed by atoms with van der Waals surface area (Å²) in [4.78, 5) is 32.5. The highest BCUT2D eigenvalue weighted by Crippen LogP contribution is 2.33. The van der Waals surface area contributed by atoms with E-state index in [1.165, 1.54) is 9.44 Å². The summed E-state index contributed by atoms with van der Waals surface area (Å²) in [5, 5.41) is 4.75. The maximum atomic E-state index is 13.3. The molecular weight excluding hydrogens is 488 g/mol. The van der Waals surface area contributed by atoms with E-state index in [-0.39, 0.29) is 11.5 Å². The number of hydrogen-bond acceptors (Lipinski definition) is 5. The van der Waals surface area contributed by atoms with Crippen molar-refractivity contribution in [3.63, 3.8) is 0 Å². The number of nitrogens with zero attached hydrogens (tertiary/aromatic N) is 3. The molecule has 2 heterocycles. The number of carbonyl (C=O) groups is 1. The van der Waals surface area contributed by atoms with E-state index in [1.54, 1.807) is 48.1 Å². The number of nitrogens with one attached hydrogen (secondary N) is 1. The Kier molecular flexibility index (Phi) is 5.71. The second-order valence-corrected chi connectivity index (χ2v) is 9.61. The molecule has 0 unspecified atom stereocenters. The molecule has 0 spiro atoms. The average molecular weight is 507 g/mol. The zero-order valence-electron chi connectivity index (χ0n) is 17.0. The van der Waals surface area contributed by atoms with Crippen molar-refractivity contribution in [2.24, 2.45) is 5.10 Å². The molecule has 0 radical (unpaired) electrons. The molecule has 2 aromatic heterocycles. The van der Waals surface area contributed by atoms with Crippen molar-refractivity contribution in [3.05, 3.63) is 91.3 Å². The van der Waals surface area contributed by atoms with E-state index in [2.05, 4.69) is 31.4 Å². The third kappa shape index (κ3) is 4.03. The number of carbonyl (C=O) groups excluding carboxylic acids is 1. The van der Waals surface area contributed by atoms with Crippen LogP contribution >= 0.6 is 27.3 Å². The lowest BCUT2D eigenvalue weighted by molar-refractivity contribution is 0.0955. The van der Waals surface area contributed by atoms with Crippen LogP contribution in [0.5, 0.6) is 0 Å². The van der Waals surface area contributed by atoms with Crippen LogP contribution in [0.25, 0.3) is 15.9 Å². The summed E-state index contributed by atoms with van der Waals surface area (Å²) in [6.07, 6.45) is 7.34. The second-order valence-electron chi connectivity index (χ2n) is 7.61. The van der Waals surface area contributed by atoms with Gasteiger partial charge in [-0.2, -0.15) is 5.10 Å². The lowest BCUT2D eigenvalue weighted by Crippen LogP contribution is -2.21. The fourth-order valence-corrected chi connectivity index (χ4v) is 5.39. The molecule has 0 aliphatic heterocycles. The Labute approximate surface area is 196 Å². The molecule has 8 heteroatoms. The maximum Gasteiger partial charge on any atom is 0.271 e. The minimum atomic E-state index is -0.352. The summed E-state index contributed by atoms with van der Waals surface area (Å²) in [5.41, 5.74) is 5.49. The monoisotopic (exact) mass is 506 g/mol. The number of benzene rings is 2. The fourth-order valence-electron chi connectivity index (χ4n) is 3.91. The van der Waals surface area contributed by atoms with Crippen LogP contribution in [-0.4, -0.2) is 21.7 Å². The van der Waals surface area contributed by atoms with E-state index in [9.17, 15) is 9.59 Å². The van der Waals surface area contributed by atoms with E-state index in [0.29, 0.717) is 11.3 Å². The zero-order valence-corrected chi connectivity index (χ0v) is 19.4. The van der Waals surface area contributed by atoms with Crippen LogP contribution in [0.4, 0.5) is 0 Å². The van der Waals surface area contributed by atoms with Crippen molar-refractivity contribution in [1.29, 1.82) is 0 Å². The van der Waals surface area contributed by atoms with Crippen LogP contribution in [0, 0.1) is 0 Å². The van der Waals surface area contributed by atoms with Gasteiger partial charge < -0.3 is 0 Å². The van der Waals surface area contributed by atoms with Gasteiger partial charge in [0.25, 0.3) is 11.5 Å². The zero-order chi connectivity index (χ0) is 22.1. The highest BCUT2D eigenvalue weighted by molar-refractivity contribution is 9.10. The van der Waals surface area contributed by atoms with Crippen molar-refractivity contribution in [1.82, 2.24) is 15.0 Å². The summed E-state index contributed by atoms with van der Waals surface area (Å²) in [5.74, 6) is -0.352. The van der Waals surface area contributed by atoms with Gasteiger partial charge in [0, 0.05) is 14.9 Å². The Bertz CT molecular complexity index is 1410. The Morgan fingerprint density at radius 3 is 2.81 bits per heavy atom. The van der Waals surface area contributed by atoms with Crippen molar-refractivity contribution in [2.45, 2.75) is 25.7 Å². The van der Waals surface area contributed by atoms with Gasteiger partial charge in [0.15, 0.2) is 0 Å². The average Bonchev–Trinajstić information content (AvgIpc) is 3.20. The van der Waals surface area contributed by atoms with Crippen molar-refractivity contribution >= 4 is 49.6 Å². The molecule has 0 saturated carbocycles. The molecular formula is C24H19BrN4O2S. The van der Waals surface area contributed by atoms with Gasteiger partial charge in [-0.25, -0.2) is 10.4 Å². The van der Waals surface area contributed by atoms with Gasteiger partial charge in [-0.1, -0.05) is 34.1 Å². The molecule has 2 aromatic carbocycles. The predicted molar refractivity (Wildman–Crippen MR) is 131 cm³/mol. The molecule has 0 fully saturated rings. The summed E-state index contributed by atoms with van der Waals surface area (Å²) >= 11 is 5.01. The summed E-state index contributed by atoms with van der Waals surface area (Å²) in [6, 6.07) is 14.5. The number of halogens is 1. The van der Waals surface area contributed by atoms with E-state index in [1.807, 2.05) is 24.3 Å². The third-order valence-electron chi connectivity index (χ3n) is 5.51. The van der Waals surface area contributed by atoms with Gasteiger partial charge in [0.2, 0.25) is 0 Å². The number of fused-ring (bicyclic) bond motifs is 3. The minimum absolute atomic E-state index is 0.0831. The van der Waals surface area contributed by atoms with Crippen molar-refractivity contribution < 1.29 is 4.79 Å². The number of thiophene rings is 1. The quantitative estimate of drug-likeness (QED) is 0.317. The van der Waals surface area contributed by atoms with Crippen LogP contribution in [0.15, 0.2) is 69.2 Å². The smallest absolute Gasteiger partial charge is 0.268 e. The Hall–Kier alpha value is -3.10. The standard InChI is InChI=1S/C24H19BrN4O2S/c25-17-10-8-15(9-11-17)13-27-28-22(30)16-4-3-5-18(12-16)29-14-26-23-21(24(29)31)19-6-1-2-7-20(19)32-23/h3-5,8-14H,1-2,6-7H2,(H,28,30)/b27-13+. The van der Waals surface area contributed by atoms with Gasteiger partial charge in [0.05, 0.1) is 17.3 Å². The minimum Gasteiger partial charge on any atom is -0.268 e. The van der Waals surface area contributed by atoms with Crippen LogP contribution in [0.1, 0.15) is 39.2 Å². The molecule has 1 aliphatic rings. The largest absolute Gasteiger partial charge is 0.271 e. The molecule has 1 amide bonds. The number of hydrazone groups is 1. The lowest BCUT2D eigenvalue weighted by atomic mass is 9.97. The molecule has 0 bridgehead atoms. The molecule has 4 aromatic rings. The first-order chi connectivity index (χ1) is 15.6. The van der Waals surface area contributed by atoms with Crippen LogP contribution < -0.4 is 11.0 Å². The van der Waals surface area contributed by atoms with Gasteiger partial charge >= 0.3 is 0 Å².